The second-order valence-corrected chi connectivity index (χ2v) is 5.05. The molecule has 3 rings (SSSR count). The smallest absolute Gasteiger partial charge is 0.255 e. The molecule has 0 radical (unpaired) electrons. The Hall–Kier alpha value is -1.62. The Morgan fingerprint density at radius 1 is 1.33 bits per heavy atom. The zero-order valence-corrected chi connectivity index (χ0v) is 10.4. The summed E-state index contributed by atoms with van der Waals surface area (Å²) in [4.78, 5) is 20.7. The Balaban J connectivity index is 1.71. The number of fused-ring (bicyclic) bond motifs is 1. The highest BCUT2D eigenvalue weighted by atomic mass is 16.2. The van der Waals surface area contributed by atoms with Gasteiger partial charge in [0.05, 0.1) is 5.56 Å². The zero-order valence-electron chi connectivity index (χ0n) is 10.4. The van der Waals surface area contributed by atoms with Crippen LogP contribution in [0.3, 0.4) is 0 Å². The third kappa shape index (κ3) is 2.06. The number of nitrogens with zero attached hydrogens (tertiary/aromatic N) is 3. The van der Waals surface area contributed by atoms with E-state index in [-0.39, 0.29) is 5.91 Å². The van der Waals surface area contributed by atoms with E-state index in [9.17, 15) is 4.79 Å². The van der Waals surface area contributed by atoms with E-state index >= 15 is 0 Å². The minimum absolute atomic E-state index is 0.0778. The van der Waals surface area contributed by atoms with E-state index in [1.54, 1.807) is 18.3 Å². The number of hydrogen-bond donors (Lipinski definition) is 1. The predicted octanol–water partition coefficient (Wildman–Crippen LogP) is 0.584. The summed E-state index contributed by atoms with van der Waals surface area (Å²) >= 11 is 0. The maximum absolute atomic E-state index is 12.3. The molecular formula is C13H18N4O. The van der Waals surface area contributed by atoms with Gasteiger partial charge in [-0.05, 0) is 31.5 Å². The lowest BCUT2D eigenvalue weighted by molar-refractivity contribution is 0.0571. The first kappa shape index (κ1) is 11.5. The van der Waals surface area contributed by atoms with Crippen molar-refractivity contribution >= 4 is 11.7 Å². The molecule has 2 N–H and O–H groups in total. The van der Waals surface area contributed by atoms with Crippen molar-refractivity contribution in [3.8, 4) is 0 Å². The van der Waals surface area contributed by atoms with E-state index in [4.69, 9.17) is 5.73 Å². The van der Waals surface area contributed by atoms with Crippen LogP contribution in [0.5, 0.6) is 0 Å². The molecule has 3 heterocycles. The number of amides is 1. The standard InChI is InChI=1S/C13H18N4O/c14-12-4-3-10(8-15-12)13(18)17-7-6-16-5-1-2-11(16)9-17/h3-4,8,11H,1-2,5-7,9H2,(H2,14,15). The highest BCUT2D eigenvalue weighted by Gasteiger charge is 2.32. The molecule has 96 valence electrons. The first-order valence-electron chi connectivity index (χ1n) is 6.49. The Bertz CT molecular complexity index is 445. The molecule has 2 saturated heterocycles. The zero-order chi connectivity index (χ0) is 12.5. The average Bonchev–Trinajstić information content (AvgIpc) is 2.86. The van der Waals surface area contributed by atoms with Crippen LogP contribution >= 0.6 is 0 Å². The van der Waals surface area contributed by atoms with Gasteiger partial charge in [0.2, 0.25) is 0 Å². The number of carbonyl (C=O) groups excluding carboxylic acids is 1. The van der Waals surface area contributed by atoms with Crippen LogP contribution in [0, 0.1) is 0 Å². The van der Waals surface area contributed by atoms with E-state index in [2.05, 4.69) is 9.88 Å². The van der Waals surface area contributed by atoms with Gasteiger partial charge in [0.25, 0.3) is 5.91 Å². The molecule has 0 saturated carbocycles. The number of carbonyl (C=O) groups is 1. The van der Waals surface area contributed by atoms with Crippen molar-refractivity contribution in [3.63, 3.8) is 0 Å². The van der Waals surface area contributed by atoms with Gasteiger partial charge < -0.3 is 10.6 Å². The molecule has 1 atom stereocenters. The fraction of sp³-hybridized carbons (Fsp3) is 0.538. The second kappa shape index (κ2) is 4.57. The molecule has 1 amide bonds. The van der Waals surface area contributed by atoms with Crippen molar-refractivity contribution in [1.82, 2.24) is 14.8 Å². The van der Waals surface area contributed by atoms with Crippen molar-refractivity contribution in [2.45, 2.75) is 18.9 Å². The molecule has 0 spiro atoms. The fourth-order valence-electron chi connectivity index (χ4n) is 2.89. The van der Waals surface area contributed by atoms with Crippen molar-refractivity contribution in [2.75, 3.05) is 31.9 Å². The van der Waals surface area contributed by atoms with E-state index in [0.29, 0.717) is 17.4 Å². The highest BCUT2D eigenvalue weighted by Crippen LogP contribution is 2.22. The second-order valence-electron chi connectivity index (χ2n) is 5.05. The molecule has 2 aliphatic heterocycles. The largest absolute Gasteiger partial charge is 0.384 e. The molecule has 1 aromatic rings. The minimum Gasteiger partial charge on any atom is -0.384 e. The van der Waals surface area contributed by atoms with Crippen LogP contribution in [-0.4, -0.2) is 52.9 Å². The highest BCUT2D eigenvalue weighted by molar-refractivity contribution is 5.94. The molecule has 5 nitrogen and oxygen atoms in total. The van der Waals surface area contributed by atoms with Crippen molar-refractivity contribution < 1.29 is 4.79 Å². The minimum atomic E-state index is 0.0778. The van der Waals surface area contributed by atoms with Crippen molar-refractivity contribution in [1.29, 1.82) is 0 Å². The summed E-state index contributed by atoms with van der Waals surface area (Å²) in [5, 5.41) is 0. The van der Waals surface area contributed by atoms with Gasteiger partial charge in [0, 0.05) is 31.9 Å². The number of piperazine rings is 1. The summed E-state index contributed by atoms with van der Waals surface area (Å²) in [6, 6.07) is 3.99. The van der Waals surface area contributed by atoms with Gasteiger partial charge in [-0.15, -0.1) is 0 Å². The lowest BCUT2D eigenvalue weighted by atomic mass is 10.1. The van der Waals surface area contributed by atoms with Crippen LogP contribution < -0.4 is 5.73 Å². The Morgan fingerprint density at radius 3 is 3.00 bits per heavy atom. The quantitative estimate of drug-likeness (QED) is 0.787. The Labute approximate surface area is 107 Å². The van der Waals surface area contributed by atoms with E-state index in [0.717, 1.165) is 19.6 Å². The fourth-order valence-corrected chi connectivity index (χ4v) is 2.89. The number of anilines is 1. The molecule has 1 aromatic heterocycles. The summed E-state index contributed by atoms with van der Waals surface area (Å²) in [6.07, 6.45) is 4.04. The lowest BCUT2D eigenvalue weighted by Gasteiger charge is -2.37. The van der Waals surface area contributed by atoms with Crippen LogP contribution in [0.25, 0.3) is 0 Å². The topological polar surface area (TPSA) is 62.5 Å². The average molecular weight is 246 g/mol. The number of hydrogen-bond acceptors (Lipinski definition) is 4. The number of nitrogens with two attached hydrogens (primary N) is 1. The number of pyridine rings is 1. The van der Waals surface area contributed by atoms with E-state index in [1.807, 2.05) is 4.90 Å². The summed E-state index contributed by atoms with van der Waals surface area (Å²) < 4.78 is 0. The van der Waals surface area contributed by atoms with Crippen molar-refractivity contribution in [2.24, 2.45) is 0 Å². The molecule has 0 aromatic carbocycles. The molecular weight excluding hydrogens is 228 g/mol. The predicted molar refractivity (Wildman–Crippen MR) is 69.1 cm³/mol. The Morgan fingerprint density at radius 2 is 2.22 bits per heavy atom. The number of nitrogen functional groups attached to an aromatic ring is 1. The van der Waals surface area contributed by atoms with Crippen LogP contribution in [0.2, 0.25) is 0 Å². The summed E-state index contributed by atoms with van der Waals surface area (Å²) in [5.41, 5.74) is 6.17. The van der Waals surface area contributed by atoms with Gasteiger partial charge in [-0.3, -0.25) is 9.69 Å². The van der Waals surface area contributed by atoms with E-state index in [1.165, 1.54) is 19.4 Å². The van der Waals surface area contributed by atoms with Gasteiger partial charge in [-0.1, -0.05) is 0 Å². The molecule has 0 bridgehead atoms. The maximum Gasteiger partial charge on any atom is 0.255 e. The molecule has 2 aliphatic rings. The normalized spacial score (nSPS) is 24.0. The molecule has 0 aliphatic carbocycles. The van der Waals surface area contributed by atoms with Crippen LogP contribution in [0.4, 0.5) is 5.82 Å². The van der Waals surface area contributed by atoms with Gasteiger partial charge in [0.1, 0.15) is 5.82 Å². The maximum atomic E-state index is 12.3. The first-order valence-corrected chi connectivity index (χ1v) is 6.49. The van der Waals surface area contributed by atoms with Crippen LogP contribution in [-0.2, 0) is 0 Å². The van der Waals surface area contributed by atoms with Crippen LogP contribution in [0.1, 0.15) is 23.2 Å². The van der Waals surface area contributed by atoms with Crippen LogP contribution in [0.15, 0.2) is 18.3 Å². The Kier molecular flexibility index (Phi) is 2.91. The third-order valence-corrected chi connectivity index (χ3v) is 3.91. The summed E-state index contributed by atoms with van der Waals surface area (Å²) in [5.74, 6) is 0.529. The first-order chi connectivity index (χ1) is 8.74. The summed E-state index contributed by atoms with van der Waals surface area (Å²) in [7, 11) is 0. The van der Waals surface area contributed by atoms with Gasteiger partial charge in [-0.25, -0.2) is 4.98 Å². The van der Waals surface area contributed by atoms with Gasteiger partial charge in [0.15, 0.2) is 0 Å². The molecule has 1 unspecified atom stereocenters. The number of rotatable bonds is 1. The lowest BCUT2D eigenvalue weighted by Crippen LogP contribution is -2.52. The van der Waals surface area contributed by atoms with Gasteiger partial charge in [-0.2, -0.15) is 0 Å². The van der Waals surface area contributed by atoms with Crippen molar-refractivity contribution in [3.05, 3.63) is 23.9 Å². The SMILES string of the molecule is Nc1ccc(C(=O)N2CCN3CCCC3C2)cn1. The monoisotopic (exact) mass is 246 g/mol. The molecule has 5 heteroatoms. The summed E-state index contributed by atoms with van der Waals surface area (Å²) in [6.45, 7) is 3.86. The number of aromatic nitrogens is 1. The molecule has 18 heavy (non-hydrogen) atoms. The third-order valence-electron chi connectivity index (χ3n) is 3.91. The molecule has 2 fully saturated rings. The van der Waals surface area contributed by atoms with Gasteiger partial charge >= 0.3 is 0 Å². The van der Waals surface area contributed by atoms with E-state index < -0.39 is 0 Å².